The molecule has 0 bridgehead atoms. The Morgan fingerprint density at radius 3 is 2.67 bits per heavy atom. The van der Waals surface area contributed by atoms with Crippen LogP contribution >= 0.6 is 16.1 Å². The molecule has 0 aromatic heterocycles. The fraction of sp³-hybridized carbons (Fsp3) is 1.00. The molecule has 0 atom stereocenters. The van der Waals surface area contributed by atoms with Crippen LogP contribution in [-0.4, -0.2) is 17.1 Å². The Morgan fingerprint density at radius 2 is 2.50 bits per heavy atom. The lowest BCUT2D eigenvalue weighted by Gasteiger charge is -1.99. The van der Waals surface area contributed by atoms with Crippen molar-refractivity contribution < 1.29 is 0 Å². The number of hydrogen-bond acceptors (Lipinski definition) is 2. The zero-order valence-electron chi connectivity index (χ0n) is 3.45. The Balaban J connectivity index is 2.18. The molecule has 0 spiro atoms. The lowest BCUT2D eigenvalue weighted by Crippen LogP contribution is -2.18. The molecule has 0 aliphatic carbocycles. The summed E-state index contributed by atoms with van der Waals surface area (Å²) in [5.41, 5.74) is 3.07. The Morgan fingerprint density at radius 1 is 1.67 bits per heavy atom. The van der Waals surface area contributed by atoms with Crippen molar-refractivity contribution in [3.8, 4) is 0 Å². The first-order valence-corrected chi connectivity index (χ1v) is 2.77. The van der Waals surface area contributed by atoms with E-state index in [9.17, 15) is 0 Å². The van der Waals surface area contributed by atoms with Gasteiger partial charge in [0.2, 0.25) is 0 Å². The Hall–Kier alpha value is 0.400. The maximum Gasteiger partial charge on any atom is 0.0285 e. The van der Waals surface area contributed by atoms with Gasteiger partial charge in [-0.15, -0.1) is 0 Å². The molecular weight excluding hydrogens is 144 g/mol. The van der Waals surface area contributed by atoms with Crippen molar-refractivity contribution in [3.05, 3.63) is 0 Å². The van der Waals surface area contributed by atoms with Gasteiger partial charge < -0.3 is 0 Å². The Bertz CT molecular complexity index is 42.1. The molecule has 1 rings (SSSR count). The summed E-state index contributed by atoms with van der Waals surface area (Å²) in [6, 6.07) is 0. The van der Waals surface area contributed by atoms with E-state index in [1.165, 1.54) is 6.42 Å². The first-order chi connectivity index (χ1) is 2.89. The highest BCUT2D eigenvalue weighted by Gasteiger charge is 2.03. The van der Waals surface area contributed by atoms with Crippen molar-refractivity contribution in [2.24, 2.45) is 0 Å². The summed E-state index contributed by atoms with van der Waals surface area (Å²) < 4.78 is 1.92. The molecule has 1 aliphatic heterocycles. The maximum absolute atomic E-state index is 3.26. The van der Waals surface area contributed by atoms with Crippen molar-refractivity contribution in [1.29, 1.82) is 0 Å². The molecule has 1 N–H and O–H groups in total. The van der Waals surface area contributed by atoms with E-state index in [4.69, 9.17) is 0 Å². The molecule has 0 aromatic carbocycles. The fourth-order valence-electron chi connectivity index (χ4n) is 0.497. The molecule has 1 heterocycles. The minimum absolute atomic E-state index is 1.12. The second-order valence-corrected chi connectivity index (χ2v) is 2.20. The maximum atomic E-state index is 3.26. The molecule has 36 valence electrons. The summed E-state index contributed by atoms with van der Waals surface area (Å²) in [5, 5.41) is 0. The van der Waals surface area contributed by atoms with Gasteiger partial charge in [-0.05, 0) is 6.42 Å². The molecule has 0 amide bonds. The van der Waals surface area contributed by atoms with Gasteiger partial charge in [0.25, 0.3) is 0 Å². The third-order valence-corrected chi connectivity index (χ3v) is 1.42. The highest BCUT2D eigenvalue weighted by Crippen LogP contribution is 1.99. The van der Waals surface area contributed by atoms with Crippen LogP contribution in [0.3, 0.4) is 0 Å². The van der Waals surface area contributed by atoms with E-state index in [-0.39, 0.29) is 0 Å². The summed E-state index contributed by atoms with van der Waals surface area (Å²) in [4.78, 5) is 0. The predicted octanol–water partition coefficient (Wildman–Crippen LogP) is 0.507. The number of nitrogens with zero attached hydrogens (tertiary/aromatic N) is 1. The summed E-state index contributed by atoms with van der Waals surface area (Å²) in [5.74, 6) is 0. The summed E-state index contributed by atoms with van der Waals surface area (Å²) >= 11 is 3.26. The minimum atomic E-state index is 1.12. The smallest absolute Gasteiger partial charge is 0.0285 e. The summed E-state index contributed by atoms with van der Waals surface area (Å²) in [6.45, 7) is 2.24. The largest absolute Gasteiger partial charge is 0.245 e. The monoisotopic (exact) mass is 150 g/mol. The van der Waals surface area contributed by atoms with Crippen LogP contribution in [0.1, 0.15) is 6.42 Å². The van der Waals surface area contributed by atoms with Crippen LogP contribution in [-0.2, 0) is 0 Å². The van der Waals surface area contributed by atoms with E-state index >= 15 is 0 Å². The van der Waals surface area contributed by atoms with Gasteiger partial charge in [-0.3, -0.25) is 0 Å². The van der Waals surface area contributed by atoms with Gasteiger partial charge in [-0.2, -0.15) is 4.03 Å². The van der Waals surface area contributed by atoms with Gasteiger partial charge in [0.1, 0.15) is 0 Å². The normalized spacial score (nSPS) is 25.5. The highest BCUT2D eigenvalue weighted by molar-refractivity contribution is 9.07. The third kappa shape index (κ3) is 0.929. The van der Waals surface area contributed by atoms with E-state index in [0.717, 1.165) is 13.1 Å². The van der Waals surface area contributed by atoms with Crippen LogP contribution < -0.4 is 5.43 Å². The third-order valence-electron chi connectivity index (χ3n) is 0.815. The first-order valence-electron chi connectivity index (χ1n) is 2.06. The number of hydrazine groups is 1. The van der Waals surface area contributed by atoms with E-state index in [2.05, 4.69) is 21.6 Å². The fourth-order valence-corrected chi connectivity index (χ4v) is 0.925. The zero-order valence-corrected chi connectivity index (χ0v) is 5.03. The number of halogens is 1. The molecule has 1 fully saturated rings. The average molecular weight is 151 g/mol. The summed E-state index contributed by atoms with van der Waals surface area (Å²) in [6.07, 6.45) is 1.26. The van der Waals surface area contributed by atoms with Crippen molar-refractivity contribution in [3.63, 3.8) is 0 Å². The van der Waals surface area contributed by atoms with Gasteiger partial charge >= 0.3 is 0 Å². The van der Waals surface area contributed by atoms with Gasteiger partial charge in [0, 0.05) is 29.2 Å². The van der Waals surface area contributed by atoms with Gasteiger partial charge in [0.15, 0.2) is 0 Å². The quantitative estimate of drug-likeness (QED) is 0.507. The predicted molar refractivity (Wildman–Crippen MR) is 28.3 cm³/mol. The van der Waals surface area contributed by atoms with Crippen LogP contribution in [0.2, 0.25) is 0 Å². The van der Waals surface area contributed by atoms with Gasteiger partial charge in [0.05, 0.1) is 0 Å². The number of nitrogens with one attached hydrogen (secondary N) is 1. The molecule has 1 saturated heterocycles. The number of hydrogen-bond donors (Lipinski definition) is 1. The minimum Gasteiger partial charge on any atom is -0.245 e. The second-order valence-electron chi connectivity index (χ2n) is 1.35. The molecule has 6 heavy (non-hydrogen) atoms. The highest BCUT2D eigenvalue weighted by atomic mass is 79.9. The van der Waals surface area contributed by atoms with Crippen molar-refractivity contribution in [1.82, 2.24) is 9.46 Å². The zero-order chi connectivity index (χ0) is 4.41. The van der Waals surface area contributed by atoms with Gasteiger partial charge in [-0.25, -0.2) is 5.43 Å². The lowest BCUT2D eigenvalue weighted by atomic mass is 10.5. The van der Waals surface area contributed by atoms with Crippen molar-refractivity contribution in [2.45, 2.75) is 6.42 Å². The van der Waals surface area contributed by atoms with Crippen molar-refractivity contribution >= 4 is 16.1 Å². The van der Waals surface area contributed by atoms with E-state index in [0.29, 0.717) is 0 Å². The molecule has 1 aliphatic rings. The SMILES string of the molecule is BrN1CCCN1. The van der Waals surface area contributed by atoms with Crippen molar-refractivity contribution in [2.75, 3.05) is 13.1 Å². The Kier molecular flexibility index (Phi) is 1.45. The van der Waals surface area contributed by atoms with Crippen LogP contribution in [0.15, 0.2) is 0 Å². The Labute approximate surface area is 45.8 Å². The van der Waals surface area contributed by atoms with E-state index in [1.54, 1.807) is 0 Å². The first kappa shape index (κ1) is 4.56. The topological polar surface area (TPSA) is 15.3 Å². The van der Waals surface area contributed by atoms with Crippen LogP contribution in [0.4, 0.5) is 0 Å². The molecule has 0 unspecified atom stereocenters. The van der Waals surface area contributed by atoms with Crippen LogP contribution in [0, 0.1) is 0 Å². The molecular formula is C3H7BrN2. The number of rotatable bonds is 0. The lowest BCUT2D eigenvalue weighted by molar-refractivity contribution is 0.478. The molecule has 3 heteroatoms. The van der Waals surface area contributed by atoms with E-state index in [1.807, 2.05) is 4.03 Å². The second kappa shape index (κ2) is 1.91. The van der Waals surface area contributed by atoms with E-state index < -0.39 is 0 Å². The molecule has 2 nitrogen and oxygen atoms in total. The van der Waals surface area contributed by atoms with Crippen LogP contribution in [0.25, 0.3) is 0 Å². The molecule has 0 saturated carbocycles. The average Bonchev–Trinajstić information content (AvgIpc) is 1.86. The molecule has 0 radical (unpaired) electrons. The standard InChI is InChI=1S/C3H7BrN2/c4-6-3-1-2-5-6/h5H,1-3H2. The van der Waals surface area contributed by atoms with Crippen LogP contribution in [0.5, 0.6) is 0 Å². The summed E-state index contributed by atoms with van der Waals surface area (Å²) in [7, 11) is 0. The molecule has 0 aromatic rings. The van der Waals surface area contributed by atoms with Gasteiger partial charge in [-0.1, -0.05) is 0 Å².